The molecule has 10 aliphatic heterocycles. The maximum atomic E-state index is 5.30. The van der Waals surface area contributed by atoms with Crippen LogP contribution < -0.4 is 0 Å². The van der Waals surface area contributed by atoms with Gasteiger partial charge in [0, 0.05) is 0 Å². The van der Waals surface area contributed by atoms with Crippen molar-refractivity contribution in [3.05, 3.63) is 0 Å². The first-order chi connectivity index (χ1) is 5.94. The van der Waals surface area contributed by atoms with Gasteiger partial charge in [-0.2, -0.15) is 0 Å². The minimum absolute atomic E-state index is 0.690. The summed E-state index contributed by atoms with van der Waals surface area (Å²) in [6.45, 7) is -2.89. The van der Waals surface area contributed by atoms with Crippen molar-refractivity contribution in [2.45, 2.75) is 45.8 Å². The Balaban J connectivity index is 2.20. The van der Waals surface area contributed by atoms with Crippen LogP contribution in [0.3, 0.4) is 0 Å². The van der Waals surface area contributed by atoms with Gasteiger partial charge in [-0.25, -0.2) is 0 Å². The van der Waals surface area contributed by atoms with Gasteiger partial charge in [0.25, 0.3) is 0 Å². The average molecular weight is 250 g/mol. The molecule has 4 atom stereocenters. The Morgan fingerprint density at radius 3 is 1.08 bits per heavy atom. The third-order valence-electron chi connectivity index (χ3n) is 14.7. The SMILES string of the molecule is S[C]12[CH]3[CH]4[CH]5[C]1(S)[Fe]43521678[CH]2[CH]1[CH]6[CH]7[CH]28. The van der Waals surface area contributed by atoms with Crippen LogP contribution in [-0.4, -0.2) is 7.29 Å². The van der Waals surface area contributed by atoms with Gasteiger partial charge in [-0.05, 0) is 0 Å². The molecule has 0 bridgehead atoms. The molecule has 10 saturated heterocycles. The molecule has 10 fully saturated rings. The molecule has 10 rings (SSSR count). The summed E-state index contributed by atoms with van der Waals surface area (Å²) in [7, 11) is 0. The molecule has 3 heteroatoms. The number of hydrogen-bond acceptors (Lipinski definition) is 2. The molecular formula is C10H10FeS2. The van der Waals surface area contributed by atoms with E-state index in [0.29, 0.717) is 7.29 Å². The Morgan fingerprint density at radius 1 is 0.692 bits per heavy atom. The number of fused-ring (bicyclic) bond motifs is 10. The summed E-state index contributed by atoms with van der Waals surface area (Å²) in [6, 6.07) is 0. The van der Waals surface area contributed by atoms with Crippen LogP contribution >= 0.6 is 25.3 Å². The van der Waals surface area contributed by atoms with Crippen molar-refractivity contribution in [1.29, 1.82) is 0 Å². The Hall–Kier alpha value is 1.22. The van der Waals surface area contributed by atoms with Crippen LogP contribution in [0.15, 0.2) is 0 Å². The number of thiol groups is 2. The normalized spacial score (nSPS) is 158. The number of hydrogen-bond donors (Lipinski definition) is 2. The molecule has 0 aromatic rings. The maximum absolute atomic E-state index is 5.30. The quantitative estimate of drug-likeness (QED) is 0.479. The predicted molar refractivity (Wildman–Crippen MR) is 53.4 cm³/mol. The van der Waals surface area contributed by atoms with Crippen LogP contribution in [0.25, 0.3) is 0 Å². The van der Waals surface area contributed by atoms with Crippen LogP contribution in [0.2, 0.25) is 38.5 Å². The monoisotopic (exact) mass is 250 g/mol. The van der Waals surface area contributed by atoms with Crippen LogP contribution in [0, 0.1) is 0 Å². The van der Waals surface area contributed by atoms with Gasteiger partial charge in [-0.3, -0.25) is 0 Å². The molecule has 0 nitrogen and oxygen atoms in total. The van der Waals surface area contributed by atoms with Crippen molar-refractivity contribution in [3.8, 4) is 0 Å². The van der Waals surface area contributed by atoms with Crippen molar-refractivity contribution < 1.29 is 6.51 Å². The van der Waals surface area contributed by atoms with E-state index in [1.54, 1.807) is 0 Å². The first-order valence-corrected chi connectivity index (χ1v) is 12.7. The standard InChI is InChI=1S/C5H5S2.C5H5.Fe/c6-4-2-1-3-5(4)7;1-2-4-5-3-1;/h1-3,6-7H;1-5H;. The Labute approximate surface area is 77.3 Å². The van der Waals surface area contributed by atoms with E-state index in [0.717, 1.165) is 0 Å². The molecule has 1 spiro atoms. The van der Waals surface area contributed by atoms with E-state index in [9.17, 15) is 0 Å². The molecule has 10 heterocycles. The summed E-state index contributed by atoms with van der Waals surface area (Å²) in [4.78, 5) is 10.8. The minimum atomic E-state index is -2.89. The van der Waals surface area contributed by atoms with Crippen molar-refractivity contribution in [3.63, 3.8) is 0 Å². The summed E-state index contributed by atoms with van der Waals surface area (Å²) >= 11 is 10.6. The second-order valence-electron chi connectivity index (χ2n) is 9.67. The summed E-state index contributed by atoms with van der Waals surface area (Å²) in [5.41, 5.74) is 0. The molecule has 70 valence electrons. The topological polar surface area (TPSA) is 0 Å². The van der Waals surface area contributed by atoms with E-state index in [4.69, 9.17) is 25.3 Å². The Morgan fingerprint density at radius 2 is 1.08 bits per heavy atom. The molecule has 13 heavy (non-hydrogen) atoms. The summed E-state index contributed by atoms with van der Waals surface area (Å²) in [6.07, 6.45) is 0. The van der Waals surface area contributed by atoms with Gasteiger partial charge in [0.15, 0.2) is 0 Å². The van der Waals surface area contributed by atoms with Gasteiger partial charge < -0.3 is 0 Å². The van der Waals surface area contributed by atoms with Crippen LogP contribution in [-0.2, 0) is 6.51 Å². The van der Waals surface area contributed by atoms with Gasteiger partial charge in [-0.1, -0.05) is 0 Å². The molecule has 0 aromatic carbocycles. The average Bonchev–Trinajstić information content (AvgIpc) is 3.02. The van der Waals surface area contributed by atoms with Crippen molar-refractivity contribution in [2.75, 3.05) is 0 Å². The first-order valence-electron chi connectivity index (χ1n) is 5.59. The predicted octanol–water partition coefficient (Wildman–Crippen LogP) is 3.05. The molecule has 0 radical (unpaired) electrons. The van der Waals surface area contributed by atoms with Crippen LogP contribution in [0.1, 0.15) is 0 Å². The fourth-order valence-corrected chi connectivity index (χ4v) is 103. The van der Waals surface area contributed by atoms with Gasteiger partial charge in [0.2, 0.25) is 0 Å². The second kappa shape index (κ2) is 0.292. The van der Waals surface area contributed by atoms with Crippen molar-refractivity contribution in [2.24, 2.45) is 0 Å². The van der Waals surface area contributed by atoms with Crippen LogP contribution in [0.5, 0.6) is 0 Å². The van der Waals surface area contributed by atoms with E-state index < -0.39 is 6.51 Å². The van der Waals surface area contributed by atoms with Gasteiger partial charge in [0.1, 0.15) is 0 Å². The molecule has 0 amide bonds. The summed E-state index contributed by atoms with van der Waals surface area (Å²) < 4.78 is 1.38. The molecule has 4 unspecified atom stereocenters. The van der Waals surface area contributed by atoms with Gasteiger partial charge in [-0.15, -0.1) is 0 Å². The Kier molecular flexibility index (Phi) is 0.104. The molecule has 0 saturated carbocycles. The third kappa shape index (κ3) is 0.0319. The molecule has 0 N–H and O–H groups in total. The summed E-state index contributed by atoms with van der Waals surface area (Å²) in [5, 5.41) is 0. The molecule has 0 aromatic heterocycles. The zero-order valence-corrected chi connectivity index (χ0v) is 9.76. The van der Waals surface area contributed by atoms with Crippen molar-refractivity contribution >= 4 is 25.3 Å². The number of rotatable bonds is 0. The molecule has 10 aliphatic rings. The van der Waals surface area contributed by atoms with Gasteiger partial charge in [0.05, 0.1) is 0 Å². The molecule has 0 aliphatic carbocycles. The van der Waals surface area contributed by atoms with E-state index in [-0.39, 0.29) is 0 Å². The van der Waals surface area contributed by atoms with Crippen molar-refractivity contribution in [1.82, 2.24) is 0 Å². The van der Waals surface area contributed by atoms with E-state index >= 15 is 0 Å². The third-order valence-corrected chi connectivity index (χ3v) is 65.6. The molecular weight excluding hydrogens is 240 g/mol. The second-order valence-corrected chi connectivity index (χ2v) is 35.1. The fourth-order valence-electron chi connectivity index (χ4n) is 16.2. The Bertz CT molecular complexity index is 822. The summed E-state index contributed by atoms with van der Waals surface area (Å²) in [5.74, 6) is 0. The zero-order chi connectivity index (χ0) is 7.94. The first kappa shape index (κ1) is 4.61. The van der Waals surface area contributed by atoms with E-state index in [2.05, 4.69) is 0 Å². The van der Waals surface area contributed by atoms with Gasteiger partial charge >= 0.3 is 77.6 Å². The fraction of sp³-hybridized carbons (Fsp3) is 1.00. The van der Waals surface area contributed by atoms with E-state index in [1.807, 2.05) is 0 Å². The van der Waals surface area contributed by atoms with Crippen LogP contribution in [0.4, 0.5) is 0 Å². The van der Waals surface area contributed by atoms with E-state index in [1.165, 1.54) is 38.5 Å². The zero-order valence-electron chi connectivity index (χ0n) is 6.87.